The quantitative estimate of drug-likeness (QED) is 0.868. The summed E-state index contributed by atoms with van der Waals surface area (Å²) < 4.78 is 5.50. The van der Waals surface area contributed by atoms with Gasteiger partial charge >= 0.3 is 0 Å². The molecule has 15 heavy (non-hydrogen) atoms. The Morgan fingerprint density at radius 1 is 1.73 bits per heavy atom. The molecule has 1 aromatic rings. The summed E-state index contributed by atoms with van der Waals surface area (Å²) in [5, 5.41) is 3.09. The fourth-order valence-electron chi connectivity index (χ4n) is 0.891. The Morgan fingerprint density at radius 2 is 2.47 bits per heavy atom. The van der Waals surface area contributed by atoms with Gasteiger partial charge in [0, 0.05) is 12.8 Å². The smallest absolute Gasteiger partial charge is 0.250 e. The molecule has 1 aromatic heterocycles. The number of aromatic nitrogens is 1. The maximum Gasteiger partial charge on any atom is 0.250 e. The average molecular weight is 294 g/mol. The van der Waals surface area contributed by atoms with E-state index in [2.05, 4.69) is 26.2 Å². The number of pyridine rings is 1. The third-order valence-corrected chi connectivity index (χ3v) is 2.36. The molecule has 82 valence electrons. The molecule has 1 amide bonds. The van der Waals surface area contributed by atoms with Gasteiger partial charge in [-0.2, -0.15) is 0 Å². The first kappa shape index (κ1) is 12.4. The maximum atomic E-state index is 11.3. The number of amides is 1. The van der Waals surface area contributed by atoms with Crippen molar-refractivity contribution in [2.24, 2.45) is 0 Å². The summed E-state index contributed by atoms with van der Waals surface area (Å²) in [5.74, 6) is -0.235. The molecule has 1 heterocycles. The van der Waals surface area contributed by atoms with Crippen molar-refractivity contribution in [1.29, 1.82) is 0 Å². The number of rotatable bonds is 4. The molecule has 0 atom stereocenters. The van der Waals surface area contributed by atoms with Crippen LogP contribution in [0.5, 0.6) is 0 Å². The molecule has 1 N–H and O–H groups in total. The van der Waals surface area contributed by atoms with Gasteiger partial charge in [0.05, 0.1) is 10.7 Å². The van der Waals surface area contributed by atoms with E-state index in [0.29, 0.717) is 21.9 Å². The van der Waals surface area contributed by atoms with Crippen molar-refractivity contribution in [1.82, 2.24) is 4.98 Å². The van der Waals surface area contributed by atoms with Gasteiger partial charge in [0.25, 0.3) is 0 Å². The zero-order valence-corrected chi connectivity index (χ0v) is 10.4. The highest BCUT2D eigenvalue weighted by Gasteiger charge is 2.06. The lowest BCUT2D eigenvalue weighted by molar-refractivity contribution is -0.120. The predicted molar refractivity (Wildman–Crippen MR) is 62.1 cm³/mol. The number of halogens is 2. The molecule has 0 saturated heterocycles. The molecular weight excluding hydrogens is 283 g/mol. The van der Waals surface area contributed by atoms with Gasteiger partial charge in [0.15, 0.2) is 0 Å². The molecule has 0 spiro atoms. The first-order valence-electron chi connectivity index (χ1n) is 4.32. The Kier molecular flexibility index (Phi) is 5.01. The topological polar surface area (TPSA) is 51.2 Å². The Hall–Kier alpha value is -0.650. The predicted octanol–water partition coefficient (Wildman–Crippen LogP) is 2.47. The van der Waals surface area contributed by atoms with Gasteiger partial charge in [0.1, 0.15) is 11.2 Å². The molecule has 0 radical (unpaired) electrons. The number of hydrogen-bond acceptors (Lipinski definition) is 3. The van der Waals surface area contributed by atoms with E-state index in [-0.39, 0.29) is 12.5 Å². The highest BCUT2D eigenvalue weighted by atomic mass is 79.9. The van der Waals surface area contributed by atoms with E-state index in [4.69, 9.17) is 16.3 Å². The zero-order valence-electron chi connectivity index (χ0n) is 8.09. The molecule has 0 bridgehead atoms. The van der Waals surface area contributed by atoms with E-state index in [1.165, 1.54) is 6.20 Å². The fourth-order valence-corrected chi connectivity index (χ4v) is 1.37. The number of carbonyl (C=O) groups excluding carboxylic acids is 1. The van der Waals surface area contributed by atoms with Gasteiger partial charge in [-0.1, -0.05) is 11.6 Å². The van der Waals surface area contributed by atoms with Crippen molar-refractivity contribution in [3.63, 3.8) is 0 Å². The van der Waals surface area contributed by atoms with Crippen LogP contribution >= 0.6 is 27.5 Å². The van der Waals surface area contributed by atoms with E-state index >= 15 is 0 Å². The summed E-state index contributed by atoms with van der Waals surface area (Å²) >= 11 is 8.94. The minimum Gasteiger partial charge on any atom is -0.372 e. The molecule has 0 aliphatic rings. The van der Waals surface area contributed by atoms with E-state index in [1.807, 2.05) is 6.92 Å². The van der Waals surface area contributed by atoms with Crippen molar-refractivity contribution in [2.45, 2.75) is 6.92 Å². The second-order valence-corrected chi connectivity index (χ2v) is 3.86. The first-order chi connectivity index (χ1) is 7.13. The summed E-state index contributed by atoms with van der Waals surface area (Å²) in [6.45, 7) is 2.35. The molecule has 1 rings (SSSR count). The molecule has 0 aromatic carbocycles. The van der Waals surface area contributed by atoms with Crippen LogP contribution in [0.4, 0.5) is 5.69 Å². The third kappa shape index (κ3) is 4.15. The first-order valence-corrected chi connectivity index (χ1v) is 5.49. The Labute approximate surface area is 101 Å². The van der Waals surface area contributed by atoms with Gasteiger partial charge in [-0.15, -0.1) is 0 Å². The highest BCUT2D eigenvalue weighted by molar-refractivity contribution is 9.10. The van der Waals surface area contributed by atoms with E-state index < -0.39 is 0 Å². The SMILES string of the molecule is CCOCC(=O)Nc1cc(Cl)cnc1Br. The fraction of sp³-hybridized carbons (Fsp3) is 0.333. The minimum atomic E-state index is -0.235. The average Bonchev–Trinajstić information content (AvgIpc) is 2.20. The van der Waals surface area contributed by atoms with Crippen LogP contribution in [0, 0.1) is 0 Å². The summed E-state index contributed by atoms with van der Waals surface area (Å²) in [6.07, 6.45) is 1.49. The van der Waals surface area contributed by atoms with Crippen molar-refractivity contribution >= 4 is 39.1 Å². The molecule has 0 saturated carbocycles. The van der Waals surface area contributed by atoms with Gasteiger partial charge in [-0.25, -0.2) is 4.98 Å². The van der Waals surface area contributed by atoms with Crippen LogP contribution < -0.4 is 5.32 Å². The monoisotopic (exact) mass is 292 g/mol. The van der Waals surface area contributed by atoms with E-state index in [9.17, 15) is 4.79 Å². The van der Waals surface area contributed by atoms with Crippen LogP contribution in [-0.2, 0) is 9.53 Å². The summed E-state index contributed by atoms with van der Waals surface area (Å²) in [6, 6.07) is 1.61. The number of nitrogens with zero attached hydrogens (tertiary/aromatic N) is 1. The van der Waals surface area contributed by atoms with Crippen LogP contribution in [0.1, 0.15) is 6.92 Å². The van der Waals surface area contributed by atoms with Crippen molar-refractivity contribution in [3.05, 3.63) is 21.9 Å². The third-order valence-electron chi connectivity index (χ3n) is 1.52. The van der Waals surface area contributed by atoms with Crippen LogP contribution in [0.25, 0.3) is 0 Å². The maximum absolute atomic E-state index is 11.3. The van der Waals surface area contributed by atoms with Crippen LogP contribution in [0.15, 0.2) is 16.9 Å². The van der Waals surface area contributed by atoms with E-state index in [0.717, 1.165) is 0 Å². The summed E-state index contributed by atoms with van der Waals surface area (Å²) in [4.78, 5) is 15.2. The highest BCUT2D eigenvalue weighted by Crippen LogP contribution is 2.22. The normalized spacial score (nSPS) is 10.1. The lowest BCUT2D eigenvalue weighted by Gasteiger charge is -2.06. The molecule has 0 aliphatic carbocycles. The van der Waals surface area contributed by atoms with Crippen molar-refractivity contribution in [2.75, 3.05) is 18.5 Å². The van der Waals surface area contributed by atoms with Crippen LogP contribution in [0.2, 0.25) is 5.02 Å². The zero-order chi connectivity index (χ0) is 11.3. The summed E-state index contributed by atoms with van der Waals surface area (Å²) in [7, 11) is 0. The van der Waals surface area contributed by atoms with Gasteiger partial charge in [-0.3, -0.25) is 4.79 Å². The molecular formula is C9H10BrClN2O2. The van der Waals surface area contributed by atoms with Crippen molar-refractivity contribution in [3.8, 4) is 0 Å². The molecule has 0 aliphatic heterocycles. The molecule has 0 fully saturated rings. The number of ether oxygens (including phenoxy) is 1. The lowest BCUT2D eigenvalue weighted by atomic mass is 10.4. The standard InChI is InChI=1S/C9H10BrClN2O2/c1-2-15-5-8(14)13-7-3-6(11)4-12-9(7)10/h3-4H,2,5H2,1H3,(H,13,14). The van der Waals surface area contributed by atoms with Crippen LogP contribution in [-0.4, -0.2) is 24.1 Å². The lowest BCUT2D eigenvalue weighted by Crippen LogP contribution is -2.18. The van der Waals surface area contributed by atoms with E-state index in [1.54, 1.807) is 6.07 Å². The molecule has 4 nitrogen and oxygen atoms in total. The van der Waals surface area contributed by atoms with Gasteiger partial charge in [0.2, 0.25) is 5.91 Å². The second-order valence-electron chi connectivity index (χ2n) is 2.68. The van der Waals surface area contributed by atoms with Crippen LogP contribution in [0.3, 0.4) is 0 Å². The Balaban J connectivity index is 2.63. The Morgan fingerprint density at radius 3 is 3.13 bits per heavy atom. The molecule has 0 unspecified atom stereocenters. The number of anilines is 1. The minimum absolute atomic E-state index is 0.0233. The van der Waals surface area contributed by atoms with Gasteiger partial charge < -0.3 is 10.1 Å². The Bertz CT molecular complexity index is 360. The van der Waals surface area contributed by atoms with Gasteiger partial charge in [-0.05, 0) is 28.9 Å². The number of nitrogens with one attached hydrogen (secondary N) is 1. The summed E-state index contributed by atoms with van der Waals surface area (Å²) in [5.41, 5.74) is 0.534. The number of hydrogen-bond donors (Lipinski definition) is 1. The second kappa shape index (κ2) is 6.05. The largest absolute Gasteiger partial charge is 0.372 e. The molecule has 6 heteroatoms. The van der Waals surface area contributed by atoms with Crippen molar-refractivity contribution < 1.29 is 9.53 Å². The number of carbonyl (C=O) groups is 1.